The molecule has 27 heavy (non-hydrogen) atoms. The summed E-state index contributed by atoms with van der Waals surface area (Å²) < 4.78 is 12.3. The van der Waals surface area contributed by atoms with E-state index in [1.165, 1.54) is 7.11 Å². The van der Waals surface area contributed by atoms with E-state index in [-0.39, 0.29) is 12.6 Å². The molecule has 0 atom stereocenters. The number of carbonyl (C=O) groups excluding carboxylic acids is 1. The van der Waals surface area contributed by atoms with E-state index in [1.807, 2.05) is 31.3 Å². The van der Waals surface area contributed by atoms with Crippen LogP contribution in [0, 0.1) is 0 Å². The molecule has 8 heteroatoms. The van der Waals surface area contributed by atoms with E-state index in [9.17, 15) is 4.79 Å². The van der Waals surface area contributed by atoms with Crippen molar-refractivity contribution in [3.63, 3.8) is 0 Å². The van der Waals surface area contributed by atoms with Crippen molar-refractivity contribution in [2.24, 2.45) is 7.05 Å². The largest absolute Gasteiger partial charge is 0.493 e. The normalized spacial score (nSPS) is 10.3. The third-order valence-electron chi connectivity index (χ3n) is 3.94. The lowest BCUT2D eigenvalue weighted by molar-refractivity contribution is 0.251. The van der Waals surface area contributed by atoms with Crippen molar-refractivity contribution in [3.05, 3.63) is 54.4 Å². The molecule has 2 amide bonds. The Labute approximate surface area is 157 Å². The number of benzene rings is 1. The summed E-state index contributed by atoms with van der Waals surface area (Å²) in [5, 5.41) is 9.96. The van der Waals surface area contributed by atoms with E-state index in [2.05, 4.69) is 20.7 Å². The van der Waals surface area contributed by atoms with E-state index in [4.69, 9.17) is 9.47 Å². The Balaban J connectivity index is 1.65. The Morgan fingerprint density at radius 1 is 1.15 bits per heavy atom. The van der Waals surface area contributed by atoms with Gasteiger partial charge in [0.2, 0.25) is 0 Å². The molecule has 0 aliphatic carbocycles. The van der Waals surface area contributed by atoms with Crippen molar-refractivity contribution < 1.29 is 14.3 Å². The van der Waals surface area contributed by atoms with Gasteiger partial charge in [0.05, 0.1) is 43.5 Å². The second kappa shape index (κ2) is 8.22. The zero-order chi connectivity index (χ0) is 19.2. The molecule has 140 valence electrons. The van der Waals surface area contributed by atoms with Crippen LogP contribution in [0.5, 0.6) is 11.5 Å². The number of hydrogen-bond acceptors (Lipinski definition) is 5. The molecule has 1 aromatic carbocycles. The third kappa shape index (κ3) is 4.17. The molecule has 0 aliphatic rings. The molecule has 3 rings (SSSR count). The molecule has 0 saturated carbocycles. The zero-order valence-electron chi connectivity index (χ0n) is 15.4. The first-order valence-corrected chi connectivity index (χ1v) is 8.32. The van der Waals surface area contributed by atoms with Gasteiger partial charge in [-0.15, -0.1) is 0 Å². The molecule has 0 radical (unpaired) electrons. The van der Waals surface area contributed by atoms with Gasteiger partial charge in [0, 0.05) is 13.2 Å². The smallest absolute Gasteiger partial charge is 0.319 e. The third-order valence-corrected chi connectivity index (χ3v) is 3.94. The van der Waals surface area contributed by atoms with Gasteiger partial charge in [-0.2, -0.15) is 5.10 Å². The molecule has 0 fully saturated rings. The lowest BCUT2D eigenvalue weighted by Gasteiger charge is -2.13. The molecule has 0 bridgehead atoms. The van der Waals surface area contributed by atoms with Crippen molar-refractivity contribution in [1.29, 1.82) is 0 Å². The molecule has 8 nitrogen and oxygen atoms in total. The highest BCUT2D eigenvalue weighted by atomic mass is 16.5. The Hall–Kier alpha value is -3.55. The minimum atomic E-state index is -0.369. The minimum absolute atomic E-state index is 0.277. The van der Waals surface area contributed by atoms with E-state index in [0.717, 1.165) is 17.1 Å². The summed E-state index contributed by atoms with van der Waals surface area (Å²) in [6.07, 6.45) is 1.73. The van der Waals surface area contributed by atoms with Crippen LogP contribution in [0.1, 0.15) is 5.69 Å². The van der Waals surface area contributed by atoms with Crippen molar-refractivity contribution in [3.8, 4) is 22.9 Å². The number of rotatable bonds is 6. The van der Waals surface area contributed by atoms with Gasteiger partial charge in [-0.05, 0) is 30.3 Å². The van der Waals surface area contributed by atoms with Crippen LogP contribution in [0.2, 0.25) is 0 Å². The predicted octanol–water partition coefficient (Wildman–Crippen LogP) is 2.82. The molecule has 2 heterocycles. The SMILES string of the molecule is COc1cccc(NC(=O)NCc2cc(-c3ccccn3)n(C)n2)c1OC. The molecular formula is C19H21N5O3. The predicted molar refractivity (Wildman–Crippen MR) is 102 cm³/mol. The average Bonchev–Trinajstić information content (AvgIpc) is 3.07. The monoisotopic (exact) mass is 367 g/mol. The van der Waals surface area contributed by atoms with Crippen LogP contribution in [-0.2, 0) is 13.6 Å². The van der Waals surface area contributed by atoms with E-state index >= 15 is 0 Å². The fraction of sp³-hybridized carbons (Fsp3) is 0.211. The fourth-order valence-corrected chi connectivity index (χ4v) is 2.69. The number of urea groups is 1. The van der Waals surface area contributed by atoms with E-state index in [0.29, 0.717) is 17.2 Å². The maximum atomic E-state index is 12.2. The summed E-state index contributed by atoms with van der Waals surface area (Å²) in [4.78, 5) is 16.6. The first kappa shape index (κ1) is 18.2. The standard InChI is InChI=1S/C19H21N5O3/c1-24-16(14-7-4-5-10-20-14)11-13(23-24)12-21-19(25)22-15-8-6-9-17(26-2)18(15)27-3/h4-11H,12H2,1-3H3,(H2,21,22,25). The van der Waals surface area contributed by atoms with Gasteiger partial charge in [0.1, 0.15) is 0 Å². The summed E-state index contributed by atoms with van der Waals surface area (Å²) in [5.74, 6) is 1.01. The van der Waals surface area contributed by atoms with Gasteiger partial charge in [-0.3, -0.25) is 9.67 Å². The summed E-state index contributed by atoms with van der Waals surface area (Å²) in [7, 11) is 4.91. The summed E-state index contributed by atoms with van der Waals surface area (Å²) in [6, 6.07) is 12.5. The summed E-state index contributed by atoms with van der Waals surface area (Å²) in [6.45, 7) is 0.277. The summed E-state index contributed by atoms with van der Waals surface area (Å²) >= 11 is 0. The summed E-state index contributed by atoms with van der Waals surface area (Å²) in [5.41, 5.74) is 2.95. The van der Waals surface area contributed by atoms with Crippen LogP contribution >= 0.6 is 0 Å². The minimum Gasteiger partial charge on any atom is -0.493 e. The van der Waals surface area contributed by atoms with Crippen LogP contribution < -0.4 is 20.1 Å². The van der Waals surface area contributed by atoms with Crippen molar-refractivity contribution in [2.75, 3.05) is 19.5 Å². The maximum absolute atomic E-state index is 12.2. The van der Waals surface area contributed by atoms with Gasteiger partial charge in [-0.1, -0.05) is 12.1 Å². The second-order valence-electron chi connectivity index (χ2n) is 5.71. The number of hydrogen-bond donors (Lipinski definition) is 2. The molecule has 0 aliphatic heterocycles. The van der Waals surface area contributed by atoms with Crippen LogP contribution in [0.3, 0.4) is 0 Å². The first-order valence-electron chi connectivity index (χ1n) is 8.32. The number of ether oxygens (including phenoxy) is 2. The van der Waals surface area contributed by atoms with Crippen LogP contribution in [0.4, 0.5) is 10.5 Å². The highest BCUT2D eigenvalue weighted by Gasteiger charge is 2.13. The number of carbonyl (C=O) groups is 1. The topological polar surface area (TPSA) is 90.3 Å². The molecule has 2 N–H and O–H groups in total. The quantitative estimate of drug-likeness (QED) is 0.699. The molecule has 0 unspecified atom stereocenters. The molecular weight excluding hydrogens is 346 g/mol. The van der Waals surface area contributed by atoms with Crippen LogP contribution in [0.15, 0.2) is 48.7 Å². The van der Waals surface area contributed by atoms with Crippen molar-refractivity contribution in [1.82, 2.24) is 20.1 Å². The molecule has 2 aromatic heterocycles. The highest BCUT2D eigenvalue weighted by molar-refractivity contribution is 5.91. The molecule has 0 spiro atoms. The van der Waals surface area contributed by atoms with Crippen molar-refractivity contribution in [2.45, 2.75) is 6.54 Å². The number of anilines is 1. The lowest BCUT2D eigenvalue weighted by atomic mass is 10.2. The van der Waals surface area contributed by atoms with Gasteiger partial charge in [0.25, 0.3) is 0 Å². The molecule has 3 aromatic rings. The number of pyridine rings is 1. The average molecular weight is 367 g/mol. The Kier molecular flexibility index (Phi) is 5.55. The van der Waals surface area contributed by atoms with Gasteiger partial charge >= 0.3 is 6.03 Å². The number of nitrogens with one attached hydrogen (secondary N) is 2. The van der Waals surface area contributed by atoms with Gasteiger partial charge in [-0.25, -0.2) is 4.79 Å². The van der Waals surface area contributed by atoms with Gasteiger partial charge in [0.15, 0.2) is 11.5 Å². The first-order chi connectivity index (χ1) is 13.1. The number of methoxy groups -OCH3 is 2. The van der Waals surface area contributed by atoms with Gasteiger partial charge < -0.3 is 20.1 Å². The Morgan fingerprint density at radius 2 is 2.00 bits per heavy atom. The number of aromatic nitrogens is 3. The van der Waals surface area contributed by atoms with Crippen molar-refractivity contribution >= 4 is 11.7 Å². The van der Waals surface area contributed by atoms with Crippen LogP contribution in [-0.4, -0.2) is 35.0 Å². The van der Waals surface area contributed by atoms with Crippen LogP contribution in [0.25, 0.3) is 11.4 Å². The number of nitrogens with zero attached hydrogens (tertiary/aromatic N) is 3. The second-order valence-corrected chi connectivity index (χ2v) is 5.71. The maximum Gasteiger partial charge on any atom is 0.319 e. The molecule has 0 saturated heterocycles. The van der Waals surface area contributed by atoms with E-state index < -0.39 is 0 Å². The Bertz CT molecular complexity index is 924. The Morgan fingerprint density at radius 3 is 2.70 bits per heavy atom. The number of amides is 2. The zero-order valence-corrected chi connectivity index (χ0v) is 15.4. The fourth-order valence-electron chi connectivity index (χ4n) is 2.69. The number of para-hydroxylation sites is 1. The number of aryl methyl sites for hydroxylation is 1. The lowest BCUT2D eigenvalue weighted by Crippen LogP contribution is -2.28. The highest BCUT2D eigenvalue weighted by Crippen LogP contribution is 2.34. The van der Waals surface area contributed by atoms with E-state index in [1.54, 1.807) is 36.2 Å².